The molecular weight excluding hydrogens is 398 g/mol. The number of hydrogen-bond donors (Lipinski definition) is 1. The van der Waals surface area contributed by atoms with E-state index in [1.807, 2.05) is 43.3 Å². The summed E-state index contributed by atoms with van der Waals surface area (Å²) in [5.41, 5.74) is 2.26. The number of aromatic nitrogens is 3. The molecule has 30 heavy (non-hydrogen) atoms. The van der Waals surface area contributed by atoms with Gasteiger partial charge in [0.25, 0.3) is 5.91 Å². The molecule has 4 aromatic rings. The van der Waals surface area contributed by atoms with Crippen molar-refractivity contribution in [3.63, 3.8) is 0 Å². The van der Waals surface area contributed by atoms with Gasteiger partial charge in [0.2, 0.25) is 5.95 Å². The van der Waals surface area contributed by atoms with Gasteiger partial charge in [-0.1, -0.05) is 26.0 Å². The molecule has 0 aliphatic heterocycles. The van der Waals surface area contributed by atoms with Crippen molar-refractivity contribution < 1.29 is 9.21 Å². The predicted octanol–water partition coefficient (Wildman–Crippen LogP) is 4.66. The van der Waals surface area contributed by atoms with Gasteiger partial charge in [0, 0.05) is 18.0 Å². The van der Waals surface area contributed by atoms with E-state index in [-0.39, 0.29) is 5.91 Å². The van der Waals surface area contributed by atoms with Crippen LogP contribution in [0.5, 0.6) is 0 Å². The van der Waals surface area contributed by atoms with E-state index in [9.17, 15) is 4.79 Å². The molecule has 3 aromatic heterocycles. The minimum Gasteiger partial charge on any atom is -0.462 e. The molecule has 0 atom stereocenters. The zero-order valence-corrected chi connectivity index (χ0v) is 18.2. The zero-order chi connectivity index (χ0) is 21.1. The molecule has 0 aliphatic rings. The van der Waals surface area contributed by atoms with Crippen molar-refractivity contribution >= 4 is 34.2 Å². The summed E-state index contributed by atoms with van der Waals surface area (Å²) in [6.07, 6.45) is 1.60. The van der Waals surface area contributed by atoms with Crippen LogP contribution in [0.1, 0.15) is 29.2 Å². The number of nitrogens with zero attached hydrogens (tertiary/aromatic N) is 4. The maximum Gasteiger partial charge on any atom is 0.277 e. The molecule has 0 fully saturated rings. The topological polar surface area (TPSA) is 76.2 Å². The van der Waals surface area contributed by atoms with Gasteiger partial charge < -0.3 is 13.9 Å². The predicted molar refractivity (Wildman–Crippen MR) is 120 cm³/mol. The molecule has 0 unspecified atom stereocenters. The summed E-state index contributed by atoms with van der Waals surface area (Å²) in [6, 6.07) is 11.6. The second kappa shape index (κ2) is 8.81. The minimum atomic E-state index is -0.263. The first-order chi connectivity index (χ1) is 14.6. The molecular formula is C22H25N5O2S. The van der Waals surface area contributed by atoms with Crippen LogP contribution in [-0.2, 0) is 6.54 Å². The van der Waals surface area contributed by atoms with Crippen LogP contribution in [0.2, 0.25) is 0 Å². The van der Waals surface area contributed by atoms with E-state index in [0.29, 0.717) is 22.4 Å². The van der Waals surface area contributed by atoms with Crippen LogP contribution in [0.15, 0.2) is 47.1 Å². The van der Waals surface area contributed by atoms with E-state index in [1.54, 1.807) is 6.26 Å². The van der Waals surface area contributed by atoms with Crippen LogP contribution >= 0.6 is 11.3 Å². The van der Waals surface area contributed by atoms with Crippen molar-refractivity contribution in [2.24, 2.45) is 0 Å². The van der Waals surface area contributed by atoms with Crippen molar-refractivity contribution in [3.8, 4) is 10.8 Å². The number of thiazole rings is 1. The Balaban J connectivity index is 1.62. The van der Waals surface area contributed by atoms with Crippen molar-refractivity contribution in [2.45, 2.75) is 27.3 Å². The zero-order valence-electron chi connectivity index (χ0n) is 17.4. The molecule has 1 aromatic carbocycles. The molecule has 156 valence electrons. The molecule has 4 rings (SSSR count). The number of imidazole rings is 1. The lowest BCUT2D eigenvalue weighted by Gasteiger charge is -2.19. The molecule has 0 spiro atoms. The van der Waals surface area contributed by atoms with Crippen LogP contribution in [0.3, 0.4) is 0 Å². The quantitative estimate of drug-likeness (QED) is 0.446. The average Bonchev–Trinajstić information content (AvgIpc) is 3.47. The Morgan fingerprint density at radius 2 is 1.97 bits per heavy atom. The molecule has 0 radical (unpaired) electrons. The number of para-hydroxylation sites is 2. The fourth-order valence-electron chi connectivity index (χ4n) is 3.45. The molecule has 1 amide bonds. The SMILES string of the molecule is CCN(CC)CCn1c(NC(=O)c2nc(-c3ccco3)sc2C)nc2ccccc21. The largest absolute Gasteiger partial charge is 0.462 e. The summed E-state index contributed by atoms with van der Waals surface area (Å²) in [6.45, 7) is 9.79. The number of rotatable bonds is 8. The third-order valence-electron chi connectivity index (χ3n) is 5.16. The van der Waals surface area contributed by atoms with Crippen LogP contribution in [0, 0.1) is 6.92 Å². The summed E-state index contributed by atoms with van der Waals surface area (Å²) in [4.78, 5) is 25.4. The Kier molecular flexibility index (Phi) is 5.96. The van der Waals surface area contributed by atoms with Crippen molar-refractivity contribution in [1.29, 1.82) is 0 Å². The summed E-state index contributed by atoms with van der Waals surface area (Å²) in [5.74, 6) is 0.940. The number of hydrogen-bond acceptors (Lipinski definition) is 6. The number of amides is 1. The minimum absolute atomic E-state index is 0.263. The summed E-state index contributed by atoms with van der Waals surface area (Å²) >= 11 is 1.44. The smallest absolute Gasteiger partial charge is 0.277 e. The van der Waals surface area contributed by atoms with Gasteiger partial charge in [0.05, 0.1) is 17.3 Å². The highest BCUT2D eigenvalue weighted by molar-refractivity contribution is 7.15. The van der Waals surface area contributed by atoms with Gasteiger partial charge in [0.1, 0.15) is 5.69 Å². The van der Waals surface area contributed by atoms with Gasteiger partial charge in [0.15, 0.2) is 10.8 Å². The first-order valence-corrected chi connectivity index (χ1v) is 10.9. The molecule has 0 aliphatic carbocycles. The number of fused-ring (bicyclic) bond motifs is 1. The van der Waals surface area contributed by atoms with Crippen LogP contribution in [-0.4, -0.2) is 45.0 Å². The van der Waals surface area contributed by atoms with E-state index in [0.717, 1.165) is 42.1 Å². The van der Waals surface area contributed by atoms with Gasteiger partial charge in [-0.05, 0) is 44.3 Å². The first kappa shape index (κ1) is 20.3. The Labute approximate surface area is 179 Å². The average molecular weight is 424 g/mol. The van der Waals surface area contributed by atoms with E-state index < -0.39 is 0 Å². The summed E-state index contributed by atoms with van der Waals surface area (Å²) in [5, 5.41) is 3.68. The van der Waals surface area contributed by atoms with E-state index >= 15 is 0 Å². The molecule has 0 saturated carbocycles. The van der Waals surface area contributed by atoms with Gasteiger partial charge in [-0.25, -0.2) is 9.97 Å². The van der Waals surface area contributed by atoms with Crippen molar-refractivity contribution in [1.82, 2.24) is 19.4 Å². The molecule has 1 N–H and O–H groups in total. The summed E-state index contributed by atoms with van der Waals surface area (Å²) in [7, 11) is 0. The third-order valence-corrected chi connectivity index (χ3v) is 6.14. The molecule has 7 nitrogen and oxygen atoms in total. The van der Waals surface area contributed by atoms with Gasteiger partial charge in [-0.15, -0.1) is 11.3 Å². The Morgan fingerprint density at radius 1 is 1.17 bits per heavy atom. The van der Waals surface area contributed by atoms with Gasteiger partial charge in [-0.2, -0.15) is 0 Å². The molecule has 0 bridgehead atoms. The number of furan rings is 1. The van der Waals surface area contributed by atoms with E-state index in [4.69, 9.17) is 4.42 Å². The van der Waals surface area contributed by atoms with Crippen LogP contribution in [0.4, 0.5) is 5.95 Å². The highest BCUT2D eigenvalue weighted by atomic mass is 32.1. The maximum absolute atomic E-state index is 13.0. The van der Waals surface area contributed by atoms with Crippen LogP contribution in [0.25, 0.3) is 21.8 Å². The number of nitrogens with one attached hydrogen (secondary N) is 1. The standard InChI is InChI=1S/C22H25N5O2S/c1-4-26(5-2)12-13-27-17-10-7-6-9-16(17)23-22(27)25-20(28)19-15(3)30-21(24-19)18-11-8-14-29-18/h6-11,14H,4-5,12-13H2,1-3H3,(H,23,25,28). The van der Waals surface area contributed by atoms with Crippen molar-refractivity contribution in [3.05, 3.63) is 53.2 Å². The lowest BCUT2D eigenvalue weighted by Crippen LogP contribution is -2.27. The number of aryl methyl sites for hydroxylation is 1. The van der Waals surface area contributed by atoms with Crippen molar-refractivity contribution in [2.75, 3.05) is 25.0 Å². The van der Waals surface area contributed by atoms with Crippen LogP contribution < -0.4 is 5.32 Å². The Morgan fingerprint density at radius 3 is 2.70 bits per heavy atom. The second-order valence-electron chi connectivity index (χ2n) is 6.96. The van der Waals surface area contributed by atoms with E-state index in [2.05, 4.69) is 38.6 Å². The van der Waals surface area contributed by atoms with Gasteiger partial charge >= 0.3 is 0 Å². The monoisotopic (exact) mass is 423 g/mol. The fourth-order valence-corrected chi connectivity index (χ4v) is 4.33. The fraction of sp³-hybridized carbons (Fsp3) is 0.318. The highest BCUT2D eigenvalue weighted by Gasteiger charge is 2.20. The number of likely N-dealkylation sites (N-methyl/N-ethyl adjacent to an activating group) is 1. The maximum atomic E-state index is 13.0. The normalized spacial score (nSPS) is 11.5. The second-order valence-corrected chi connectivity index (χ2v) is 8.16. The van der Waals surface area contributed by atoms with Gasteiger partial charge in [-0.3, -0.25) is 10.1 Å². The Hall–Kier alpha value is -2.97. The lowest BCUT2D eigenvalue weighted by molar-refractivity contribution is 0.102. The number of carbonyl (C=O) groups excluding carboxylic acids is 1. The number of carbonyl (C=O) groups is 1. The molecule has 3 heterocycles. The first-order valence-electron chi connectivity index (χ1n) is 10.1. The lowest BCUT2D eigenvalue weighted by atomic mass is 10.3. The summed E-state index contributed by atoms with van der Waals surface area (Å²) < 4.78 is 7.49. The number of benzene rings is 1. The Bertz CT molecular complexity index is 1140. The highest BCUT2D eigenvalue weighted by Crippen LogP contribution is 2.28. The molecule has 0 saturated heterocycles. The van der Waals surface area contributed by atoms with E-state index in [1.165, 1.54) is 11.3 Å². The number of anilines is 1. The third kappa shape index (κ3) is 4.01. The molecule has 8 heteroatoms.